The third-order valence-electron chi connectivity index (χ3n) is 8.45. The third-order valence-corrected chi connectivity index (χ3v) is 8.45. The zero-order valence-electron chi connectivity index (χ0n) is 26.1. The number of halogens is 3. The van der Waals surface area contributed by atoms with E-state index in [0.29, 0.717) is 61.4 Å². The number of methoxy groups -OCH3 is 2. The van der Waals surface area contributed by atoms with Crippen LogP contribution in [0.5, 0.6) is 17.2 Å². The van der Waals surface area contributed by atoms with Crippen LogP contribution in [0.3, 0.4) is 0 Å². The molecule has 0 bridgehead atoms. The standard InChI is InChI=1S/C36H35F3N4O4/c1-45-29-18-26(19-30(21-29)46-2)31(32-23-40-35-33(12-7-13-43(32)35)47-24-25-8-4-3-5-9-25)22-34(44)42-16-14-41(15-17-42)28-11-6-10-27(20-28)36(37,38)39/h3-13,18-21,23,31H,14-17,22,24H2,1-2H3. The number of alkyl halides is 3. The number of anilines is 1. The Labute approximate surface area is 270 Å². The average Bonchev–Trinajstić information content (AvgIpc) is 3.54. The number of ether oxygens (including phenoxy) is 3. The zero-order valence-corrected chi connectivity index (χ0v) is 26.1. The molecule has 0 N–H and O–H groups in total. The summed E-state index contributed by atoms with van der Waals surface area (Å²) < 4.78 is 59.1. The summed E-state index contributed by atoms with van der Waals surface area (Å²) in [6, 6.07) is 24.5. The Morgan fingerprint density at radius 2 is 1.60 bits per heavy atom. The molecule has 1 aliphatic heterocycles. The second kappa shape index (κ2) is 13.7. The number of imidazole rings is 1. The van der Waals surface area contributed by atoms with E-state index in [-0.39, 0.29) is 12.3 Å². The van der Waals surface area contributed by atoms with Crippen molar-refractivity contribution in [2.45, 2.75) is 25.1 Å². The van der Waals surface area contributed by atoms with Crippen LogP contribution >= 0.6 is 0 Å². The van der Waals surface area contributed by atoms with Crippen molar-refractivity contribution < 1.29 is 32.2 Å². The first-order valence-corrected chi connectivity index (χ1v) is 15.3. The highest BCUT2D eigenvalue weighted by molar-refractivity contribution is 5.78. The number of hydrogen-bond acceptors (Lipinski definition) is 6. The van der Waals surface area contributed by atoms with Gasteiger partial charge in [0.2, 0.25) is 5.91 Å². The van der Waals surface area contributed by atoms with Gasteiger partial charge in [0.15, 0.2) is 11.4 Å². The molecule has 3 aromatic carbocycles. The van der Waals surface area contributed by atoms with Gasteiger partial charge in [-0.2, -0.15) is 13.2 Å². The number of pyridine rings is 1. The maximum atomic E-state index is 13.9. The average molecular weight is 645 g/mol. The number of piperazine rings is 1. The van der Waals surface area contributed by atoms with Crippen LogP contribution in [0, 0.1) is 0 Å². The van der Waals surface area contributed by atoms with Crippen LogP contribution in [-0.2, 0) is 17.6 Å². The van der Waals surface area contributed by atoms with Gasteiger partial charge in [-0.25, -0.2) is 4.98 Å². The van der Waals surface area contributed by atoms with Gasteiger partial charge in [-0.3, -0.25) is 4.79 Å². The molecule has 1 atom stereocenters. The predicted molar refractivity (Wildman–Crippen MR) is 172 cm³/mol. The predicted octanol–water partition coefficient (Wildman–Crippen LogP) is 6.82. The highest BCUT2D eigenvalue weighted by atomic mass is 19.4. The van der Waals surface area contributed by atoms with Gasteiger partial charge in [0.05, 0.1) is 25.5 Å². The van der Waals surface area contributed by atoms with Gasteiger partial charge in [-0.1, -0.05) is 36.4 Å². The second-order valence-corrected chi connectivity index (χ2v) is 11.3. The molecular formula is C36H35F3N4O4. The van der Waals surface area contributed by atoms with E-state index in [1.807, 2.05) is 70.1 Å². The SMILES string of the molecule is COc1cc(OC)cc(C(CC(=O)N2CCN(c3cccc(C(F)(F)F)c3)CC2)c2cnc3c(OCc4ccccc4)cccn23)c1. The first-order valence-electron chi connectivity index (χ1n) is 15.3. The van der Waals surface area contributed by atoms with Crippen molar-refractivity contribution in [3.63, 3.8) is 0 Å². The molecule has 8 nitrogen and oxygen atoms in total. The van der Waals surface area contributed by atoms with E-state index in [2.05, 4.69) is 0 Å². The zero-order chi connectivity index (χ0) is 33.0. The highest BCUT2D eigenvalue weighted by Crippen LogP contribution is 2.36. The van der Waals surface area contributed by atoms with E-state index >= 15 is 0 Å². The van der Waals surface area contributed by atoms with Gasteiger partial charge in [0.25, 0.3) is 0 Å². The Morgan fingerprint density at radius 3 is 2.28 bits per heavy atom. The molecule has 5 aromatic rings. The van der Waals surface area contributed by atoms with Crippen molar-refractivity contribution in [3.8, 4) is 17.2 Å². The molecule has 244 valence electrons. The summed E-state index contributed by atoms with van der Waals surface area (Å²) in [5.74, 6) is 1.29. The first kappa shape index (κ1) is 31.8. The number of rotatable bonds is 10. The van der Waals surface area contributed by atoms with Crippen LogP contribution in [-0.4, -0.2) is 60.6 Å². The molecule has 0 saturated carbocycles. The fourth-order valence-corrected chi connectivity index (χ4v) is 5.93. The lowest BCUT2D eigenvalue weighted by Gasteiger charge is -2.37. The summed E-state index contributed by atoms with van der Waals surface area (Å²) in [4.78, 5) is 22.3. The molecule has 0 aliphatic carbocycles. The van der Waals surface area contributed by atoms with Crippen molar-refractivity contribution in [3.05, 3.63) is 120 Å². The minimum Gasteiger partial charge on any atom is -0.497 e. The van der Waals surface area contributed by atoms with Crippen LogP contribution in [0.2, 0.25) is 0 Å². The van der Waals surface area contributed by atoms with E-state index in [0.717, 1.165) is 29.0 Å². The summed E-state index contributed by atoms with van der Waals surface area (Å²) in [5.41, 5.74) is 3.06. The van der Waals surface area contributed by atoms with Gasteiger partial charge in [0.1, 0.15) is 18.1 Å². The van der Waals surface area contributed by atoms with Gasteiger partial charge in [-0.15, -0.1) is 0 Å². The molecule has 47 heavy (non-hydrogen) atoms. The number of nitrogens with zero attached hydrogens (tertiary/aromatic N) is 4. The molecule has 1 unspecified atom stereocenters. The number of hydrogen-bond donors (Lipinski definition) is 0. The van der Waals surface area contributed by atoms with Crippen molar-refractivity contribution in [1.82, 2.24) is 14.3 Å². The van der Waals surface area contributed by atoms with Gasteiger partial charge in [0, 0.05) is 62.7 Å². The summed E-state index contributed by atoms with van der Waals surface area (Å²) in [6.45, 7) is 1.98. The van der Waals surface area contributed by atoms with Gasteiger partial charge >= 0.3 is 6.18 Å². The van der Waals surface area contributed by atoms with E-state index in [1.54, 1.807) is 37.4 Å². The Kier molecular flexibility index (Phi) is 9.24. The molecule has 1 fully saturated rings. The molecule has 11 heteroatoms. The van der Waals surface area contributed by atoms with Crippen molar-refractivity contribution in [2.75, 3.05) is 45.3 Å². The number of carbonyl (C=O) groups is 1. The lowest BCUT2D eigenvalue weighted by Crippen LogP contribution is -2.49. The van der Waals surface area contributed by atoms with Crippen molar-refractivity contribution >= 4 is 17.2 Å². The van der Waals surface area contributed by atoms with Crippen LogP contribution < -0.4 is 19.1 Å². The molecule has 1 aliphatic rings. The fraction of sp³-hybridized carbons (Fsp3) is 0.278. The van der Waals surface area contributed by atoms with Crippen LogP contribution in [0.4, 0.5) is 18.9 Å². The summed E-state index contributed by atoms with van der Waals surface area (Å²) >= 11 is 0. The number of benzene rings is 3. The van der Waals surface area contributed by atoms with Gasteiger partial charge in [-0.05, 0) is 53.6 Å². The first-order chi connectivity index (χ1) is 22.7. The van der Waals surface area contributed by atoms with E-state index in [4.69, 9.17) is 19.2 Å². The van der Waals surface area contributed by atoms with Crippen molar-refractivity contribution in [2.24, 2.45) is 0 Å². The summed E-state index contributed by atoms with van der Waals surface area (Å²) in [7, 11) is 3.15. The molecular weight excluding hydrogens is 609 g/mol. The van der Waals surface area contributed by atoms with Crippen LogP contribution in [0.25, 0.3) is 5.65 Å². The van der Waals surface area contributed by atoms with E-state index in [9.17, 15) is 18.0 Å². The number of fused-ring (bicyclic) bond motifs is 1. The Bertz CT molecular complexity index is 1810. The monoisotopic (exact) mass is 644 g/mol. The molecule has 1 amide bonds. The lowest BCUT2D eigenvalue weighted by atomic mass is 9.91. The lowest BCUT2D eigenvalue weighted by molar-refractivity contribution is -0.137. The quantitative estimate of drug-likeness (QED) is 0.166. The smallest absolute Gasteiger partial charge is 0.416 e. The van der Waals surface area contributed by atoms with Crippen LogP contribution in [0.15, 0.2) is 97.3 Å². The largest absolute Gasteiger partial charge is 0.497 e. The van der Waals surface area contributed by atoms with Crippen molar-refractivity contribution in [1.29, 1.82) is 0 Å². The Morgan fingerprint density at radius 1 is 0.872 bits per heavy atom. The normalized spacial score (nSPS) is 14.2. The third kappa shape index (κ3) is 7.14. The van der Waals surface area contributed by atoms with Gasteiger partial charge < -0.3 is 28.4 Å². The second-order valence-electron chi connectivity index (χ2n) is 11.3. The minimum atomic E-state index is -4.42. The maximum absolute atomic E-state index is 13.9. The Balaban J connectivity index is 1.26. The maximum Gasteiger partial charge on any atom is 0.416 e. The van der Waals surface area contributed by atoms with Crippen LogP contribution in [0.1, 0.15) is 34.7 Å². The fourth-order valence-electron chi connectivity index (χ4n) is 5.93. The highest BCUT2D eigenvalue weighted by Gasteiger charge is 2.32. The number of amides is 1. The number of aromatic nitrogens is 2. The van der Waals surface area contributed by atoms with E-state index < -0.39 is 17.7 Å². The minimum absolute atomic E-state index is 0.0769. The molecule has 2 aromatic heterocycles. The Hall–Kier alpha value is -5.19. The molecule has 0 radical (unpaired) electrons. The summed E-state index contributed by atoms with van der Waals surface area (Å²) in [5, 5.41) is 0. The number of carbonyl (C=O) groups excluding carboxylic acids is 1. The summed E-state index contributed by atoms with van der Waals surface area (Å²) in [6.07, 6.45) is -0.628. The topological polar surface area (TPSA) is 68.5 Å². The molecule has 0 spiro atoms. The molecule has 3 heterocycles. The molecule has 1 saturated heterocycles. The molecule has 6 rings (SSSR count). The van der Waals surface area contributed by atoms with E-state index in [1.165, 1.54) is 6.07 Å².